The van der Waals surface area contributed by atoms with Crippen LogP contribution >= 0.6 is 0 Å². The first-order chi connectivity index (χ1) is 15.9. The number of likely N-dealkylation sites (N-methyl/N-ethyl adjacent to an activating group) is 1. The molecule has 1 saturated carbocycles. The third-order valence-corrected chi connectivity index (χ3v) is 8.38. The van der Waals surface area contributed by atoms with E-state index in [1.165, 1.54) is 5.56 Å². The van der Waals surface area contributed by atoms with Gasteiger partial charge in [-0.2, -0.15) is 0 Å². The molecule has 1 aromatic carbocycles. The molecule has 1 aromatic rings. The molecule has 1 aliphatic carbocycles. The van der Waals surface area contributed by atoms with Crippen LogP contribution in [-0.4, -0.2) is 65.8 Å². The lowest BCUT2D eigenvalue weighted by Gasteiger charge is -2.42. The number of nitrogens with zero attached hydrogens (tertiary/aromatic N) is 2. The number of hydrogen-bond donors (Lipinski definition) is 2. The van der Waals surface area contributed by atoms with Crippen molar-refractivity contribution in [3.05, 3.63) is 35.9 Å². The van der Waals surface area contributed by atoms with Crippen LogP contribution in [0, 0.1) is 17.8 Å². The van der Waals surface area contributed by atoms with Crippen molar-refractivity contribution < 1.29 is 14.4 Å². The summed E-state index contributed by atoms with van der Waals surface area (Å²) < 4.78 is 0. The Kier molecular flexibility index (Phi) is 7.07. The monoisotopic (exact) mass is 454 g/mol. The van der Waals surface area contributed by atoms with Crippen LogP contribution in [0.2, 0.25) is 0 Å². The van der Waals surface area contributed by atoms with Gasteiger partial charge in [-0.15, -0.1) is 0 Å². The first kappa shape index (κ1) is 23.7. The van der Waals surface area contributed by atoms with Gasteiger partial charge in [-0.05, 0) is 51.1 Å². The summed E-state index contributed by atoms with van der Waals surface area (Å²) in [6, 6.07) is 9.76. The standard InChI is InChI=1S/C26H38N4O3/c1-26(28-2,25(27)33)21(19-11-7-4-8-12-19)23(31)30-16-14-20-17-29(24(32)22(20)30)15-13-18-9-5-3-6-10-18/h3,5-6,9-10,19-22,28H,4,7-8,11-17H2,1-2H3,(H2,27,33)/t20-,21?,22-,26-/m0/s1. The maximum absolute atomic E-state index is 14.0. The molecule has 0 spiro atoms. The number of nitrogens with two attached hydrogens (primary N) is 1. The molecule has 1 unspecified atom stereocenters. The van der Waals surface area contributed by atoms with E-state index in [0.717, 1.165) is 44.9 Å². The summed E-state index contributed by atoms with van der Waals surface area (Å²) in [5.74, 6) is -0.825. The zero-order valence-corrected chi connectivity index (χ0v) is 20.0. The Morgan fingerprint density at radius 2 is 1.85 bits per heavy atom. The summed E-state index contributed by atoms with van der Waals surface area (Å²) >= 11 is 0. The van der Waals surface area contributed by atoms with Gasteiger partial charge in [-0.25, -0.2) is 0 Å². The molecule has 4 atom stereocenters. The molecule has 3 N–H and O–H groups in total. The van der Waals surface area contributed by atoms with Crippen LogP contribution in [0.3, 0.4) is 0 Å². The highest BCUT2D eigenvalue weighted by Crippen LogP contribution is 2.40. The lowest BCUT2D eigenvalue weighted by molar-refractivity contribution is -0.150. The van der Waals surface area contributed by atoms with Crippen molar-refractivity contribution in [2.24, 2.45) is 23.5 Å². The van der Waals surface area contributed by atoms with Crippen LogP contribution in [0.15, 0.2) is 30.3 Å². The maximum Gasteiger partial charge on any atom is 0.245 e. The van der Waals surface area contributed by atoms with Gasteiger partial charge in [0.15, 0.2) is 0 Å². The molecule has 3 amide bonds. The first-order valence-corrected chi connectivity index (χ1v) is 12.5. The van der Waals surface area contributed by atoms with Crippen LogP contribution in [0.4, 0.5) is 0 Å². The van der Waals surface area contributed by atoms with Crippen molar-refractivity contribution in [1.82, 2.24) is 15.1 Å². The number of fused-ring (bicyclic) bond motifs is 1. The number of hydrogen-bond acceptors (Lipinski definition) is 4. The van der Waals surface area contributed by atoms with E-state index in [-0.39, 0.29) is 23.7 Å². The Balaban J connectivity index is 1.52. The van der Waals surface area contributed by atoms with Gasteiger partial charge in [-0.1, -0.05) is 49.6 Å². The highest BCUT2D eigenvalue weighted by Gasteiger charge is 2.54. The van der Waals surface area contributed by atoms with Gasteiger partial charge >= 0.3 is 0 Å². The molecule has 2 heterocycles. The fourth-order valence-electron chi connectivity index (χ4n) is 6.30. The van der Waals surface area contributed by atoms with Crippen LogP contribution in [0.1, 0.15) is 51.0 Å². The highest BCUT2D eigenvalue weighted by molar-refractivity contribution is 5.96. The van der Waals surface area contributed by atoms with E-state index in [0.29, 0.717) is 19.6 Å². The topological polar surface area (TPSA) is 95.7 Å². The van der Waals surface area contributed by atoms with Crippen molar-refractivity contribution in [3.8, 4) is 0 Å². The van der Waals surface area contributed by atoms with Crippen LogP contribution in [0.25, 0.3) is 0 Å². The number of rotatable bonds is 8. The molecule has 7 nitrogen and oxygen atoms in total. The van der Waals surface area contributed by atoms with Gasteiger partial charge in [0.25, 0.3) is 0 Å². The van der Waals surface area contributed by atoms with Gasteiger partial charge in [0, 0.05) is 25.6 Å². The van der Waals surface area contributed by atoms with Gasteiger partial charge in [-0.3, -0.25) is 14.4 Å². The minimum atomic E-state index is -1.13. The Hall–Kier alpha value is -2.41. The van der Waals surface area contributed by atoms with Crippen LogP contribution < -0.4 is 11.1 Å². The number of amides is 3. The van der Waals surface area contributed by atoms with Crippen molar-refractivity contribution in [2.45, 2.75) is 63.5 Å². The molecule has 2 saturated heterocycles. The number of carbonyl (C=O) groups excluding carboxylic acids is 3. The molecule has 3 fully saturated rings. The van der Waals surface area contributed by atoms with Gasteiger partial charge < -0.3 is 20.9 Å². The molecular formula is C26H38N4O3. The molecule has 0 bridgehead atoms. The second kappa shape index (κ2) is 9.84. The third-order valence-electron chi connectivity index (χ3n) is 8.38. The van der Waals surface area contributed by atoms with Gasteiger partial charge in [0.05, 0.1) is 5.92 Å². The Bertz CT molecular complexity index is 870. The smallest absolute Gasteiger partial charge is 0.245 e. The number of primary amides is 1. The minimum Gasteiger partial charge on any atom is -0.368 e. The average Bonchev–Trinajstić information content (AvgIpc) is 3.38. The largest absolute Gasteiger partial charge is 0.368 e. The fraction of sp³-hybridized carbons (Fsp3) is 0.654. The molecule has 2 aliphatic heterocycles. The van der Waals surface area contributed by atoms with Crippen molar-refractivity contribution in [2.75, 3.05) is 26.7 Å². The summed E-state index contributed by atoms with van der Waals surface area (Å²) in [6.45, 7) is 3.70. The van der Waals surface area contributed by atoms with Crippen molar-refractivity contribution in [3.63, 3.8) is 0 Å². The molecule has 0 aromatic heterocycles. The molecule has 180 valence electrons. The Morgan fingerprint density at radius 1 is 1.15 bits per heavy atom. The SMILES string of the molecule is CN[C@](C)(C(N)=O)C(C(=O)N1CC[C@H]2CN(CCc3ccccc3)C(=O)[C@H]21)C1CCCCC1. The molecular weight excluding hydrogens is 416 g/mol. The summed E-state index contributed by atoms with van der Waals surface area (Å²) in [5.41, 5.74) is 5.90. The molecule has 33 heavy (non-hydrogen) atoms. The highest BCUT2D eigenvalue weighted by atomic mass is 16.2. The number of carbonyl (C=O) groups is 3. The van der Waals surface area contributed by atoms with E-state index in [9.17, 15) is 14.4 Å². The van der Waals surface area contributed by atoms with Crippen molar-refractivity contribution >= 4 is 17.7 Å². The van der Waals surface area contributed by atoms with E-state index in [1.54, 1.807) is 18.9 Å². The minimum absolute atomic E-state index is 0.0504. The zero-order valence-electron chi connectivity index (χ0n) is 20.0. The van der Waals surface area contributed by atoms with E-state index >= 15 is 0 Å². The Morgan fingerprint density at radius 3 is 2.48 bits per heavy atom. The van der Waals surface area contributed by atoms with E-state index < -0.39 is 23.4 Å². The lowest BCUT2D eigenvalue weighted by atomic mass is 9.69. The normalized spacial score (nSPS) is 26.2. The predicted molar refractivity (Wildman–Crippen MR) is 127 cm³/mol. The molecule has 3 aliphatic rings. The van der Waals surface area contributed by atoms with E-state index in [2.05, 4.69) is 17.4 Å². The predicted octanol–water partition coefficient (Wildman–Crippen LogP) is 1.95. The van der Waals surface area contributed by atoms with E-state index in [4.69, 9.17) is 5.73 Å². The quantitative estimate of drug-likeness (QED) is 0.628. The van der Waals surface area contributed by atoms with Crippen LogP contribution in [-0.2, 0) is 20.8 Å². The second-order valence-electron chi connectivity index (χ2n) is 10.2. The zero-order chi connectivity index (χ0) is 23.6. The van der Waals surface area contributed by atoms with Crippen molar-refractivity contribution in [1.29, 1.82) is 0 Å². The van der Waals surface area contributed by atoms with Gasteiger partial charge in [0.2, 0.25) is 17.7 Å². The summed E-state index contributed by atoms with van der Waals surface area (Å²) in [7, 11) is 1.70. The first-order valence-electron chi connectivity index (χ1n) is 12.5. The molecule has 7 heteroatoms. The second-order valence-corrected chi connectivity index (χ2v) is 10.2. The summed E-state index contributed by atoms with van der Waals surface area (Å²) in [4.78, 5) is 43.7. The van der Waals surface area contributed by atoms with Crippen LogP contribution in [0.5, 0.6) is 0 Å². The molecule has 4 rings (SSSR count). The molecule has 0 radical (unpaired) electrons. The van der Waals surface area contributed by atoms with Gasteiger partial charge in [0.1, 0.15) is 11.6 Å². The summed E-state index contributed by atoms with van der Waals surface area (Å²) in [6.07, 6.45) is 6.75. The number of nitrogens with one attached hydrogen (secondary N) is 1. The summed E-state index contributed by atoms with van der Waals surface area (Å²) in [5, 5.41) is 3.08. The maximum atomic E-state index is 14.0. The number of benzene rings is 1. The average molecular weight is 455 g/mol. The van der Waals surface area contributed by atoms with E-state index in [1.807, 2.05) is 23.1 Å². The fourth-order valence-corrected chi connectivity index (χ4v) is 6.30. The third kappa shape index (κ3) is 4.52. The lowest BCUT2D eigenvalue weighted by Crippen LogP contribution is -2.63. The Labute approximate surface area is 197 Å². The number of likely N-dealkylation sites (tertiary alicyclic amines) is 2.